The van der Waals surface area contributed by atoms with Gasteiger partial charge in [-0.25, -0.2) is 9.59 Å². The number of morpholine rings is 1. The van der Waals surface area contributed by atoms with Gasteiger partial charge in [0.25, 0.3) is 0 Å². The van der Waals surface area contributed by atoms with Crippen LogP contribution in [0.4, 0.5) is 10.5 Å². The standard InChI is InChI=1S/C13H19N3O4/c1-7-4-10(11(14-7)12(17)18)15-13(19)16-5-8(2)20-9(3)6-16/h4,8-9,14H,5-6H2,1-3H3,(H,15,19)(H,17,18). The lowest BCUT2D eigenvalue weighted by atomic mass is 10.2. The maximum Gasteiger partial charge on any atom is 0.354 e. The van der Waals surface area contributed by atoms with Crippen LogP contribution in [0.5, 0.6) is 0 Å². The minimum atomic E-state index is -1.10. The van der Waals surface area contributed by atoms with Gasteiger partial charge in [-0.2, -0.15) is 0 Å². The van der Waals surface area contributed by atoms with Crippen molar-refractivity contribution in [3.63, 3.8) is 0 Å². The van der Waals surface area contributed by atoms with Crippen molar-refractivity contribution in [2.45, 2.75) is 33.0 Å². The molecule has 1 aliphatic heterocycles. The topological polar surface area (TPSA) is 94.7 Å². The van der Waals surface area contributed by atoms with Crippen molar-refractivity contribution in [1.82, 2.24) is 9.88 Å². The lowest BCUT2D eigenvalue weighted by Gasteiger charge is -2.35. The SMILES string of the molecule is Cc1cc(NC(=O)N2CC(C)OC(C)C2)c(C(=O)O)[nH]1. The highest BCUT2D eigenvalue weighted by Crippen LogP contribution is 2.18. The Morgan fingerprint density at radius 1 is 1.40 bits per heavy atom. The molecule has 2 unspecified atom stereocenters. The molecule has 0 aliphatic carbocycles. The number of nitrogens with one attached hydrogen (secondary N) is 2. The highest BCUT2D eigenvalue weighted by molar-refractivity contribution is 5.99. The fraction of sp³-hybridized carbons (Fsp3) is 0.538. The van der Waals surface area contributed by atoms with Gasteiger partial charge < -0.3 is 25.0 Å². The molecule has 7 heteroatoms. The molecule has 0 spiro atoms. The van der Waals surface area contributed by atoms with Crippen LogP contribution >= 0.6 is 0 Å². The number of carbonyl (C=O) groups excluding carboxylic acids is 1. The molecule has 20 heavy (non-hydrogen) atoms. The molecule has 1 aromatic heterocycles. The number of aryl methyl sites for hydroxylation is 1. The zero-order valence-electron chi connectivity index (χ0n) is 11.8. The average Bonchev–Trinajstić information content (AvgIpc) is 2.69. The van der Waals surface area contributed by atoms with E-state index in [2.05, 4.69) is 10.3 Å². The highest BCUT2D eigenvalue weighted by atomic mass is 16.5. The van der Waals surface area contributed by atoms with E-state index in [1.165, 1.54) is 0 Å². The van der Waals surface area contributed by atoms with Crippen molar-refractivity contribution in [3.05, 3.63) is 17.5 Å². The normalized spacial score (nSPS) is 22.6. The van der Waals surface area contributed by atoms with E-state index in [1.807, 2.05) is 13.8 Å². The van der Waals surface area contributed by atoms with Crippen LogP contribution in [0.1, 0.15) is 30.0 Å². The molecule has 2 heterocycles. The van der Waals surface area contributed by atoms with Gasteiger partial charge in [-0.05, 0) is 26.8 Å². The van der Waals surface area contributed by atoms with Crippen LogP contribution in [-0.2, 0) is 4.74 Å². The Bertz CT molecular complexity index is 516. The van der Waals surface area contributed by atoms with Crippen molar-refractivity contribution >= 4 is 17.7 Å². The molecule has 2 atom stereocenters. The summed E-state index contributed by atoms with van der Waals surface area (Å²) in [7, 11) is 0. The minimum absolute atomic E-state index is 0.00907. The maximum absolute atomic E-state index is 12.2. The van der Waals surface area contributed by atoms with Gasteiger partial charge in [0, 0.05) is 18.8 Å². The second kappa shape index (κ2) is 5.54. The van der Waals surface area contributed by atoms with Crippen LogP contribution in [0.3, 0.4) is 0 Å². The number of nitrogens with zero attached hydrogens (tertiary/aromatic N) is 1. The number of ether oxygens (including phenoxy) is 1. The molecule has 1 aliphatic rings. The third-order valence-corrected chi connectivity index (χ3v) is 3.11. The number of hydrogen-bond donors (Lipinski definition) is 3. The molecule has 3 N–H and O–H groups in total. The summed E-state index contributed by atoms with van der Waals surface area (Å²) in [4.78, 5) is 27.6. The molecule has 1 aromatic rings. The molecule has 1 saturated heterocycles. The van der Waals surface area contributed by atoms with Gasteiger partial charge in [-0.1, -0.05) is 0 Å². The number of rotatable bonds is 2. The average molecular weight is 281 g/mol. The predicted molar refractivity (Wildman–Crippen MR) is 73.1 cm³/mol. The molecule has 2 amide bonds. The molecular weight excluding hydrogens is 262 g/mol. The third kappa shape index (κ3) is 3.11. The Morgan fingerprint density at radius 2 is 2.00 bits per heavy atom. The molecular formula is C13H19N3O4. The Balaban J connectivity index is 2.10. The summed E-state index contributed by atoms with van der Waals surface area (Å²) < 4.78 is 5.56. The maximum atomic E-state index is 12.2. The van der Waals surface area contributed by atoms with Crippen LogP contribution in [0, 0.1) is 6.92 Å². The lowest BCUT2D eigenvalue weighted by molar-refractivity contribution is -0.0530. The van der Waals surface area contributed by atoms with Crippen LogP contribution in [0.25, 0.3) is 0 Å². The van der Waals surface area contributed by atoms with Crippen molar-refractivity contribution in [2.24, 2.45) is 0 Å². The number of aromatic amines is 1. The molecule has 2 rings (SSSR count). The number of carboxylic acids is 1. The Morgan fingerprint density at radius 3 is 2.55 bits per heavy atom. The largest absolute Gasteiger partial charge is 0.477 e. The first kappa shape index (κ1) is 14.4. The molecule has 7 nitrogen and oxygen atoms in total. The summed E-state index contributed by atoms with van der Waals surface area (Å²) in [6.07, 6.45) is -0.0622. The van der Waals surface area contributed by atoms with Crippen LogP contribution < -0.4 is 5.32 Å². The number of aromatic nitrogens is 1. The Kier molecular flexibility index (Phi) is 3.99. The summed E-state index contributed by atoms with van der Waals surface area (Å²) in [5.41, 5.74) is 0.957. The summed E-state index contributed by atoms with van der Waals surface area (Å²) >= 11 is 0. The first-order valence-electron chi connectivity index (χ1n) is 6.51. The van der Waals surface area contributed by atoms with Gasteiger partial charge in [-0.15, -0.1) is 0 Å². The summed E-state index contributed by atoms with van der Waals surface area (Å²) in [5, 5.41) is 11.7. The van der Waals surface area contributed by atoms with E-state index in [1.54, 1.807) is 17.9 Å². The fourth-order valence-corrected chi connectivity index (χ4v) is 2.39. The van der Waals surface area contributed by atoms with Crippen molar-refractivity contribution in [2.75, 3.05) is 18.4 Å². The number of carboxylic acid groups (broad SMARTS) is 1. The van der Waals surface area contributed by atoms with Gasteiger partial charge in [0.1, 0.15) is 5.69 Å². The monoisotopic (exact) mass is 281 g/mol. The van der Waals surface area contributed by atoms with Gasteiger partial charge in [-0.3, -0.25) is 0 Å². The second-order valence-electron chi connectivity index (χ2n) is 5.14. The molecule has 0 aromatic carbocycles. The number of amides is 2. The number of H-pyrrole nitrogens is 1. The van der Waals surface area contributed by atoms with E-state index >= 15 is 0 Å². The molecule has 0 bridgehead atoms. The van der Waals surface area contributed by atoms with E-state index in [0.29, 0.717) is 18.8 Å². The van der Waals surface area contributed by atoms with Gasteiger partial charge >= 0.3 is 12.0 Å². The molecule has 0 saturated carbocycles. The third-order valence-electron chi connectivity index (χ3n) is 3.11. The van der Waals surface area contributed by atoms with E-state index in [0.717, 1.165) is 0 Å². The summed E-state index contributed by atoms with van der Waals surface area (Å²) in [6, 6.07) is 1.29. The van der Waals surface area contributed by atoms with E-state index < -0.39 is 5.97 Å². The van der Waals surface area contributed by atoms with E-state index in [-0.39, 0.29) is 29.6 Å². The van der Waals surface area contributed by atoms with E-state index in [9.17, 15) is 9.59 Å². The Labute approximate surface area is 116 Å². The number of aromatic carboxylic acids is 1. The number of urea groups is 1. The van der Waals surface area contributed by atoms with Gasteiger partial charge in [0.05, 0.1) is 17.9 Å². The quantitative estimate of drug-likeness (QED) is 0.768. The van der Waals surface area contributed by atoms with E-state index in [4.69, 9.17) is 9.84 Å². The number of carbonyl (C=O) groups is 2. The lowest BCUT2D eigenvalue weighted by Crippen LogP contribution is -2.49. The zero-order valence-corrected chi connectivity index (χ0v) is 11.8. The molecule has 1 fully saturated rings. The van der Waals surface area contributed by atoms with Crippen molar-refractivity contribution < 1.29 is 19.4 Å². The number of anilines is 1. The van der Waals surface area contributed by atoms with Gasteiger partial charge in [0.15, 0.2) is 0 Å². The molecule has 110 valence electrons. The van der Waals surface area contributed by atoms with Crippen molar-refractivity contribution in [3.8, 4) is 0 Å². The van der Waals surface area contributed by atoms with Gasteiger partial charge in [0.2, 0.25) is 0 Å². The first-order valence-corrected chi connectivity index (χ1v) is 6.51. The summed E-state index contributed by atoms with van der Waals surface area (Å²) in [5.74, 6) is -1.10. The smallest absolute Gasteiger partial charge is 0.354 e. The minimum Gasteiger partial charge on any atom is -0.477 e. The van der Waals surface area contributed by atoms with Crippen molar-refractivity contribution in [1.29, 1.82) is 0 Å². The first-order chi connectivity index (χ1) is 9.36. The molecule has 0 radical (unpaired) electrons. The fourth-order valence-electron chi connectivity index (χ4n) is 2.39. The Hall–Kier alpha value is -2.02. The number of hydrogen-bond acceptors (Lipinski definition) is 3. The van der Waals surface area contributed by atoms with Crippen LogP contribution in [-0.4, -0.2) is 52.3 Å². The predicted octanol–water partition coefficient (Wildman–Crippen LogP) is 1.66. The summed E-state index contributed by atoms with van der Waals surface area (Å²) in [6.45, 7) is 6.52. The van der Waals surface area contributed by atoms with Crippen LogP contribution in [0.15, 0.2) is 6.07 Å². The second-order valence-corrected chi connectivity index (χ2v) is 5.14. The highest BCUT2D eigenvalue weighted by Gasteiger charge is 2.27. The van der Waals surface area contributed by atoms with Crippen LogP contribution in [0.2, 0.25) is 0 Å². The zero-order chi connectivity index (χ0) is 14.9.